The largest absolute Gasteiger partial charge is 0.491 e. The van der Waals surface area contributed by atoms with E-state index in [0.29, 0.717) is 0 Å². The third-order valence-electron chi connectivity index (χ3n) is 7.59. The molecule has 4 rings (SSSR count). The lowest BCUT2D eigenvalue weighted by Gasteiger charge is -2.31. The molecule has 0 unspecified atom stereocenters. The third kappa shape index (κ3) is 7.11. The van der Waals surface area contributed by atoms with Crippen LogP contribution in [-0.2, 0) is 12.8 Å². The lowest BCUT2D eigenvalue weighted by atomic mass is 10.00. The lowest BCUT2D eigenvalue weighted by Crippen LogP contribution is -2.30. The molecule has 2 aliphatic rings. The van der Waals surface area contributed by atoms with Gasteiger partial charge in [-0.05, 0) is 100 Å². The number of aryl methyl sites for hydroxylation is 2. The zero-order chi connectivity index (χ0) is 25.0. The number of ether oxygens (including phenoxy) is 2. The molecule has 0 saturated carbocycles. The van der Waals surface area contributed by atoms with Crippen LogP contribution in [0.5, 0.6) is 11.5 Å². The normalized spacial score (nSPS) is 16.3. The Balaban J connectivity index is 1.42. The van der Waals surface area contributed by atoms with E-state index >= 15 is 0 Å². The number of rotatable bonds is 13. The van der Waals surface area contributed by atoms with E-state index in [2.05, 4.69) is 60.0 Å². The van der Waals surface area contributed by atoms with Crippen LogP contribution in [0.3, 0.4) is 0 Å². The van der Waals surface area contributed by atoms with Gasteiger partial charge in [0.25, 0.3) is 0 Å². The Morgan fingerprint density at radius 3 is 1.39 bits per heavy atom. The maximum Gasteiger partial charge on any atom is 0.145 e. The van der Waals surface area contributed by atoms with Gasteiger partial charge >= 0.3 is 0 Å². The van der Waals surface area contributed by atoms with Crippen LogP contribution in [0.1, 0.15) is 89.2 Å². The van der Waals surface area contributed by atoms with Crippen LogP contribution in [0.2, 0.25) is 0 Å². The fraction of sp³-hybridized carbons (Fsp3) is 0.625. The predicted molar refractivity (Wildman–Crippen MR) is 153 cm³/mol. The molecule has 2 saturated heterocycles. The average Bonchev–Trinajstić information content (AvgIpc) is 2.94. The highest BCUT2D eigenvalue weighted by Gasteiger charge is 2.20. The number of piperidine rings is 2. The van der Waals surface area contributed by atoms with Crippen LogP contribution >= 0.6 is 0 Å². The standard InChI is InChI=1S/C32H48N2O2/c1-3-25-35-31-27(17-13-19-29(31)33-21-9-5-10-22-33)15-7-8-16-28-18-14-20-30(32(28)36-26-4-2)34-23-11-6-12-24-34/h13-14,17-20H,3-12,15-16,21-26H2,1-2H3. The molecule has 0 bridgehead atoms. The van der Waals surface area contributed by atoms with Crippen LogP contribution in [-0.4, -0.2) is 39.4 Å². The second-order valence-electron chi connectivity index (χ2n) is 10.5. The van der Waals surface area contributed by atoms with Gasteiger partial charge in [-0.1, -0.05) is 38.1 Å². The van der Waals surface area contributed by atoms with E-state index in [-0.39, 0.29) is 0 Å². The monoisotopic (exact) mass is 492 g/mol. The Bertz CT molecular complexity index is 841. The van der Waals surface area contributed by atoms with Gasteiger partial charge in [0.2, 0.25) is 0 Å². The Morgan fingerprint density at radius 1 is 0.583 bits per heavy atom. The van der Waals surface area contributed by atoms with Crippen molar-refractivity contribution < 1.29 is 9.47 Å². The molecule has 2 aromatic carbocycles. The van der Waals surface area contributed by atoms with E-state index in [1.165, 1.54) is 61.0 Å². The summed E-state index contributed by atoms with van der Waals surface area (Å²) >= 11 is 0. The van der Waals surface area contributed by atoms with Crippen molar-refractivity contribution in [3.63, 3.8) is 0 Å². The Morgan fingerprint density at radius 2 is 1.00 bits per heavy atom. The van der Waals surface area contributed by atoms with Crippen molar-refractivity contribution in [2.24, 2.45) is 0 Å². The fourth-order valence-electron chi connectivity index (χ4n) is 5.68. The number of hydrogen-bond donors (Lipinski definition) is 0. The molecule has 2 fully saturated rings. The molecule has 0 atom stereocenters. The molecule has 0 aliphatic carbocycles. The first-order valence-electron chi connectivity index (χ1n) is 14.8. The number of nitrogens with zero attached hydrogens (tertiary/aromatic N) is 2. The first kappa shape index (κ1) is 26.7. The van der Waals surface area contributed by atoms with Crippen molar-refractivity contribution >= 4 is 11.4 Å². The minimum Gasteiger partial charge on any atom is -0.491 e. The van der Waals surface area contributed by atoms with Crippen LogP contribution in [0.4, 0.5) is 11.4 Å². The van der Waals surface area contributed by atoms with Crippen molar-refractivity contribution in [1.82, 2.24) is 0 Å². The first-order chi connectivity index (χ1) is 17.8. The number of para-hydroxylation sites is 2. The number of unbranched alkanes of at least 4 members (excludes halogenated alkanes) is 1. The maximum absolute atomic E-state index is 6.37. The summed E-state index contributed by atoms with van der Waals surface area (Å²) < 4.78 is 12.7. The summed E-state index contributed by atoms with van der Waals surface area (Å²) in [6.45, 7) is 10.6. The second-order valence-corrected chi connectivity index (χ2v) is 10.5. The fourth-order valence-corrected chi connectivity index (χ4v) is 5.68. The summed E-state index contributed by atoms with van der Waals surface area (Å²) in [6.07, 6.45) is 14.4. The maximum atomic E-state index is 6.37. The molecule has 4 heteroatoms. The molecule has 2 aliphatic heterocycles. The zero-order valence-electron chi connectivity index (χ0n) is 22.9. The van der Waals surface area contributed by atoms with E-state index in [4.69, 9.17) is 9.47 Å². The molecule has 2 heterocycles. The molecule has 198 valence electrons. The highest BCUT2D eigenvalue weighted by atomic mass is 16.5. The van der Waals surface area contributed by atoms with Crippen molar-refractivity contribution in [3.05, 3.63) is 47.5 Å². The van der Waals surface area contributed by atoms with Gasteiger partial charge in [-0.3, -0.25) is 0 Å². The van der Waals surface area contributed by atoms with E-state index in [0.717, 1.165) is 89.4 Å². The summed E-state index contributed by atoms with van der Waals surface area (Å²) in [4.78, 5) is 5.09. The van der Waals surface area contributed by atoms with Gasteiger partial charge in [0.15, 0.2) is 0 Å². The first-order valence-corrected chi connectivity index (χ1v) is 14.8. The van der Waals surface area contributed by atoms with E-state index in [1.807, 2.05) is 0 Å². The molecule has 0 radical (unpaired) electrons. The summed E-state index contributed by atoms with van der Waals surface area (Å²) in [5.41, 5.74) is 5.36. The topological polar surface area (TPSA) is 24.9 Å². The number of benzene rings is 2. The van der Waals surface area contributed by atoms with Crippen LogP contribution in [0, 0.1) is 0 Å². The van der Waals surface area contributed by atoms with Crippen molar-refractivity contribution in [1.29, 1.82) is 0 Å². The zero-order valence-corrected chi connectivity index (χ0v) is 22.9. The van der Waals surface area contributed by atoms with Crippen molar-refractivity contribution in [2.45, 2.75) is 90.9 Å². The van der Waals surface area contributed by atoms with E-state index in [1.54, 1.807) is 0 Å². The van der Waals surface area contributed by atoms with E-state index in [9.17, 15) is 0 Å². The van der Waals surface area contributed by atoms with Gasteiger partial charge in [-0.2, -0.15) is 0 Å². The highest BCUT2D eigenvalue weighted by Crippen LogP contribution is 2.37. The van der Waals surface area contributed by atoms with Crippen LogP contribution < -0.4 is 19.3 Å². The van der Waals surface area contributed by atoms with Crippen molar-refractivity contribution in [3.8, 4) is 11.5 Å². The number of hydrogen-bond acceptors (Lipinski definition) is 4. The molecular weight excluding hydrogens is 444 g/mol. The molecule has 0 aromatic heterocycles. The van der Waals surface area contributed by atoms with Gasteiger partial charge in [0.05, 0.1) is 24.6 Å². The predicted octanol–water partition coefficient (Wildman–Crippen LogP) is 7.81. The lowest BCUT2D eigenvalue weighted by molar-refractivity contribution is 0.312. The minimum absolute atomic E-state index is 0.791. The Kier molecular flexibility index (Phi) is 10.7. The summed E-state index contributed by atoms with van der Waals surface area (Å²) in [6, 6.07) is 13.6. The van der Waals surface area contributed by atoms with Crippen LogP contribution in [0.25, 0.3) is 0 Å². The molecule has 4 nitrogen and oxygen atoms in total. The van der Waals surface area contributed by atoms with Gasteiger partial charge in [-0.25, -0.2) is 0 Å². The van der Waals surface area contributed by atoms with Crippen LogP contribution in [0.15, 0.2) is 36.4 Å². The number of anilines is 2. The Labute approximate surface area is 220 Å². The third-order valence-corrected chi connectivity index (χ3v) is 7.59. The van der Waals surface area contributed by atoms with Gasteiger partial charge in [0.1, 0.15) is 11.5 Å². The second kappa shape index (κ2) is 14.4. The highest BCUT2D eigenvalue weighted by molar-refractivity contribution is 5.63. The molecule has 0 amide bonds. The smallest absolute Gasteiger partial charge is 0.145 e. The quantitative estimate of drug-likeness (QED) is 0.266. The molecular formula is C32H48N2O2. The van der Waals surface area contributed by atoms with Gasteiger partial charge < -0.3 is 19.3 Å². The summed E-state index contributed by atoms with van der Waals surface area (Å²) in [5.74, 6) is 2.28. The SMILES string of the molecule is CCCOc1c(CCCCc2cccc(N3CCCCC3)c2OCCC)cccc1N1CCCCC1. The van der Waals surface area contributed by atoms with E-state index < -0.39 is 0 Å². The molecule has 0 spiro atoms. The molecule has 36 heavy (non-hydrogen) atoms. The van der Waals surface area contributed by atoms with Gasteiger partial charge in [0, 0.05) is 26.2 Å². The van der Waals surface area contributed by atoms with Gasteiger partial charge in [-0.15, -0.1) is 0 Å². The summed E-state index contributed by atoms with van der Waals surface area (Å²) in [5, 5.41) is 0. The minimum atomic E-state index is 0.791. The average molecular weight is 493 g/mol. The summed E-state index contributed by atoms with van der Waals surface area (Å²) in [7, 11) is 0. The molecule has 0 N–H and O–H groups in total. The van der Waals surface area contributed by atoms with Crippen molar-refractivity contribution in [2.75, 3.05) is 49.2 Å². The molecule has 2 aromatic rings. The Hall–Kier alpha value is -2.36.